The van der Waals surface area contributed by atoms with E-state index in [9.17, 15) is 4.79 Å². The highest BCUT2D eigenvalue weighted by molar-refractivity contribution is 5.97. The first-order valence-electron chi connectivity index (χ1n) is 6.67. The fraction of sp³-hybridized carbons (Fsp3) is 0.600. The second-order valence-corrected chi connectivity index (χ2v) is 6.86. The molecule has 0 bridgehead atoms. The fourth-order valence-corrected chi connectivity index (χ4v) is 2.55. The van der Waals surface area contributed by atoms with Crippen molar-refractivity contribution < 1.29 is 9.53 Å². The first-order chi connectivity index (χ1) is 9.06. The number of nitrogens with one attached hydrogen (secondary N) is 1. The van der Waals surface area contributed by atoms with Gasteiger partial charge in [-0.1, -0.05) is 20.8 Å². The Balaban J connectivity index is 3.01. The summed E-state index contributed by atoms with van der Waals surface area (Å²) in [5, 5.41) is 3.32. The Kier molecular flexibility index (Phi) is 4.63. The van der Waals surface area contributed by atoms with Gasteiger partial charge in [-0.15, -0.1) is 0 Å². The molecule has 3 N–H and O–H groups in total. The lowest BCUT2D eigenvalue weighted by Gasteiger charge is -2.34. The van der Waals surface area contributed by atoms with Gasteiger partial charge in [-0.2, -0.15) is 0 Å². The van der Waals surface area contributed by atoms with Gasteiger partial charge in [0.1, 0.15) is 5.82 Å². The van der Waals surface area contributed by atoms with Crippen molar-refractivity contribution in [3.63, 3.8) is 0 Å². The van der Waals surface area contributed by atoms with Crippen molar-refractivity contribution >= 4 is 17.5 Å². The molecule has 1 aromatic rings. The van der Waals surface area contributed by atoms with Crippen LogP contribution >= 0.6 is 0 Å². The Morgan fingerprint density at radius 1 is 1.35 bits per heavy atom. The number of pyridine rings is 1. The van der Waals surface area contributed by atoms with Crippen molar-refractivity contribution in [2.45, 2.75) is 46.6 Å². The molecule has 0 atom stereocenters. The predicted octanol–water partition coefficient (Wildman–Crippen LogP) is 3.08. The monoisotopic (exact) mass is 279 g/mol. The number of hydrogen-bond acceptors (Lipinski definition) is 5. The molecule has 0 amide bonds. The highest BCUT2D eigenvalue weighted by atomic mass is 16.5. The molecule has 0 saturated carbocycles. The number of rotatable bonds is 4. The smallest absolute Gasteiger partial charge is 0.340 e. The van der Waals surface area contributed by atoms with Crippen LogP contribution in [0.4, 0.5) is 11.5 Å². The molecule has 112 valence electrons. The molecule has 1 heterocycles. The second-order valence-electron chi connectivity index (χ2n) is 6.86. The quantitative estimate of drug-likeness (QED) is 0.828. The zero-order valence-corrected chi connectivity index (χ0v) is 13.2. The molecule has 5 nitrogen and oxygen atoms in total. The van der Waals surface area contributed by atoms with Gasteiger partial charge in [0.2, 0.25) is 0 Å². The van der Waals surface area contributed by atoms with E-state index in [1.807, 2.05) is 0 Å². The van der Waals surface area contributed by atoms with Crippen molar-refractivity contribution in [2.75, 3.05) is 18.2 Å². The highest BCUT2D eigenvalue weighted by Gasteiger charge is 2.27. The van der Waals surface area contributed by atoms with Crippen LogP contribution in [0.1, 0.15) is 51.4 Å². The van der Waals surface area contributed by atoms with Crippen molar-refractivity contribution in [1.82, 2.24) is 4.98 Å². The van der Waals surface area contributed by atoms with Gasteiger partial charge in [-0.05, 0) is 31.7 Å². The minimum absolute atomic E-state index is 0.172. The third kappa shape index (κ3) is 4.40. The van der Waals surface area contributed by atoms with Crippen molar-refractivity contribution in [1.29, 1.82) is 0 Å². The third-order valence-electron chi connectivity index (χ3n) is 2.82. The molecule has 0 aliphatic heterocycles. The summed E-state index contributed by atoms with van der Waals surface area (Å²) in [5.74, 6) is 0.0590. The maximum Gasteiger partial charge on any atom is 0.340 e. The molecule has 0 unspecified atom stereocenters. The lowest BCUT2D eigenvalue weighted by atomic mass is 9.82. The van der Waals surface area contributed by atoms with Crippen LogP contribution < -0.4 is 11.1 Å². The van der Waals surface area contributed by atoms with E-state index < -0.39 is 5.97 Å². The summed E-state index contributed by atoms with van der Waals surface area (Å²) in [4.78, 5) is 15.9. The van der Waals surface area contributed by atoms with E-state index in [1.165, 1.54) is 7.11 Å². The molecule has 20 heavy (non-hydrogen) atoms. The van der Waals surface area contributed by atoms with Crippen LogP contribution in [-0.4, -0.2) is 23.6 Å². The van der Waals surface area contributed by atoms with E-state index in [4.69, 9.17) is 10.5 Å². The second kappa shape index (κ2) is 5.69. The number of nitrogen functional groups attached to an aromatic ring is 1. The van der Waals surface area contributed by atoms with Gasteiger partial charge in [0.15, 0.2) is 0 Å². The average molecular weight is 279 g/mol. The number of anilines is 2. The van der Waals surface area contributed by atoms with Crippen molar-refractivity contribution in [3.8, 4) is 0 Å². The van der Waals surface area contributed by atoms with Crippen LogP contribution in [0.5, 0.6) is 0 Å². The van der Waals surface area contributed by atoms with Gasteiger partial charge in [0.05, 0.1) is 18.4 Å². The van der Waals surface area contributed by atoms with E-state index in [1.54, 1.807) is 12.3 Å². The Hall–Kier alpha value is -1.78. The Labute approximate surface area is 120 Å². The normalized spacial score (nSPS) is 12.1. The van der Waals surface area contributed by atoms with Crippen LogP contribution in [0, 0.1) is 5.41 Å². The van der Waals surface area contributed by atoms with Gasteiger partial charge in [0.25, 0.3) is 0 Å². The first-order valence-corrected chi connectivity index (χ1v) is 6.67. The van der Waals surface area contributed by atoms with E-state index in [-0.39, 0.29) is 11.0 Å². The van der Waals surface area contributed by atoms with Gasteiger partial charge in [0, 0.05) is 11.7 Å². The van der Waals surface area contributed by atoms with Crippen LogP contribution in [0.2, 0.25) is 0 Å². The number of nitrogens with two attached hydrogens (primary N) is 1. The molecule has 0 fully saturated rings. The number of esters is 1. The molecular formula is C15H25N3O2. The Morgan fingerprint density at radius 3 is 2.45 bits per heavy atom. The van der Waals surface area contributed by atoms with Crippen LogP contribution in [0.25, 0.3) is 0 Å². The first kappa shape index (κ1) is 16.3. The van der Waals surface area contributed by atoms with Gasteiger partial charge in [-0.3, -0.25) is 0 Å². The lowest BCUT2D eigenvalue weighted by molar-refractivity contribution is 0.0602. The van der Waals surface area contributed by atoms with E-state index in [0.717, 1.165) is 6.42 Å². The Bertz CT molecular complexity index is 490. The summed E-state index contributed by atoms with van der Waals surface area (Å²) in [5.41, 5.74) is 6.64. The Morgan fingerprint density at radius 2 is 1.95 bits per heavy atom. The number of carbonyl (C=O) groups is 1. The summed E-state index contributed by atoms with van der Waals surface area (Å²) < 4.78 is 4.71. The lowest BCUT2D eigenvalue weighted by Crippen LogP contribution is -2.36. The molecule has 0 radical (unpaired) electrons. The molecule has 1 aromatic heterocycles. The molecule has 0 spiro atoms. The third-order valence-corrected chi connectivity index (χ3v) is 2.82. The molecule has 1 rings (SSSR count). The fourth-order valence-electron chi connectivity index (χ4n) is 2.55. The van der Waals surface area contributed by atoms with Crippen molar-refractivity contribution in [2.24, 2.45) is 5.41 Å². The zero-order valence-electron chi connectivity index (χ0n) is 13.2. The van der Waals surface area contributed by atoms with Gasteiger partial charge in [-0.25, -0.2) is 9.78 Å². The number of carbonyl (C=O) groups excluding carboxylic acids is 1. The van der Waals surface area contributed by atoms with Crippen LogP contribution in [-0.2, 0) is 4.74 Å². The maximum absolute atomic E-state index is 11.6. The van der Waals surface area contributed by atoms with E-state index in [2.05, 4.69) is 44.9 Å². The molecule has 5 heteroatoms. The summed E-state index contributed by atoms with van der Waals surface area (Å²) in [6, 6.07) is 1.56. The minimum atomic E-state index is -0.457. The van der Waals surface area contributed by atoms with Crippen LogP contribution in [0.15, 0.2) is 12.3 Å². The molecule has 0 aliphatic rings. The van der Waals surface area contributed by atoms with Gasteiger partial charge < -0.3 is 15.8 Å². The average Bonchev–Trinajstić information content (AvgIpc) is 2.27. The van der Waals surface area contributed by atoms with Gasteiger partial charge >= 0.3 is 5.97 Å². The number of methoxy groups -OCH3 is 1. The van der Waals surface area contributed by atoms with E-state index >= 15 is 0 Å². The van der Waals surface area contributed by atoms with E-state index in [0.29, 0.717) is 17.1 Å². The maximum atomic E-state index is 11.6. The summed E-state index contributed by atoms with van der Waals surface area (Å²) in [6.07, 6.45) is 2.49. The SMILES string of the molecule is COC(=O)c1ccnc(NC(C)(C)CC(C)(C)C)c1N. The largest absolute Gasteiger partial charge is 0.465 e. The molecular weight excluding hydrogens is 254 g/mol. The number of ether oxygens (including phenoxy) is 1. The number of hydrogen-bond donors (Lipinski definition) is 2. The zero-order chi connectivity index (χ0) is 15.6. The summed E-state index contributed by atoms with van der Waals surface area (Å²) >= 11 is 0. The number of nitrogens with zero attached hydrogens (tertiary/aromatic N) is 1. The summed E-state index contributed by atoms with van der Waals surface area (Å²) in [7, 11) is 1.33. The van der Waals surface area contributed by atoms with Crippen molar-refractivity contribution in [3.05, 3.63) is 17.8 Å². The highest BCUT2D eigenvalue weighted by Crippen LogP contribution is 2.31. The topological polar surface area (TPSA) is 77.2 Å². The standard InChI is InChI=1S/C15H25N3O2/c1-14(2,3)9-15(4,5)18-12-11(16)10(7-8-17-12)13(19)20-6/h7-8H,9,16H2,1-6H3,(H,17,18). The molecule has 0 saturated heterocycles. The molecule has 0 aliphatic carbocycles. The summed E-state index contributed by atoms with van der Waals surface area (Å²) in [6.45, 7) is 10.7. The molecule has 0 aromatic carbocycles. The van der Waals surface area contributed by atoms with Crippen LogP contribution in [0.3, 0.4) is 0 Å². The predicted molar refractivity (Wildman–Crippen MR) is 81.8 cm³/mol. The number of aromatic nitrogens is 1. The minimum Gasteiger partial charge on any atom is -0.465 e.